The van der Waals surface area contributed by atoms with Gasteiger partial charge in [-0.3, -0.25) is 0 Å². The molecule has 0 N–H and O–H groups in total. The van der Waals surface area contributed by atoms with E-state index in [9.17, 15) is 0 Å². The van der Waals surface area contributed by atoms with Crippen molar-refractivity contribution in [2.75, 3.05) is 0 Å². The van der Waals surface area contributed by atoms with Crippen LogP contribution >= 0.6 is 0 Å². The molecular weight excluding hydrogens is 343 g/mol. The van der Waals surface area contributed by atoms with Crippen molar-refractivity contribution in [2.45, 2.75) is 45.3 Å². The van der Waals surface area contributed by atoms with Crippen molar-refractivity contribution >= 4 is 12.6 Å². The van der Waals surface area contributed by atoms with E-state index < -0.39 is 0 Å². The van der Waals surface area contributed by atoms with Crippen molar-refractivity contribution in [1.29, 1.82) is 0 Å². The maximum Gasteiger partial charge on any atom is 0.494 e. The maximum atomic E-state index is 6.14. The molecule has 1 fully saturated rings. The van der Waals surface area contributed by atoms with Gasteiger partial charge in [-0.05, 0) is 61.8 Å². The fourth-order valence-electron chi connectivity index (χ4n) is 3.45. The molecule has 1 saturated heterocycles. The summed E-state index contributed by atoms with van der Waals surface area (Å²) in [6.07, 6.45) is 0.915. The van der Waals surface area contributed by atoms with Crippen LogP contribution in [0.1, 0.15) is 38.8 Å². The van der Waals surface area contributed by atoms with Gasteiger partial charge >= 0.3 is 7.12 Å². The van der Waals surface area contributed by atoms with Gasteiger partial charge in [-0.2, -0.15) is 0 Å². The zero-order valence-electron chi connectivity index (χ0n) is 17.1. The van der Waals surface area contributed by atoms with Gasteiger partial charge in [0.1, 0.15) is 0 Å². The summed E-state index contributed by atoms with van der Waals surface area (Å²) in [6, 6.07) is 27.9. The fourth-order valence-corrected chi connectivity index (χ4v) is 3.45. The molecule has 3 aromatic rings. The quantitative estimate of drug-likeness (QED) is 0.585. The zero-order chi connectivity index (χ0) is 19.8. The molecule has 1 aliphatic rings. The Morgan fingerprint density at radius 2 is 1.07 bits per heavy atom. The minimum absolute atomic E-state index is 0.302. The molecule has 142 valence electrons. The highest BCUT2D eigenvalue weighted by Crippen LogP contribution is 2.36. The van der Waals surface area contributed by atoms with Gasteiger partial charge in [-0.15, -0.1) is 0 Å². The standard InChI is InChI=1S/C25H27BO2/c1-24(2)25(3,4)28-26(27-24)23-16-12-20(13-17-23)18-19-10-14-22(15-11-19)21-8-6-5-7-9-21/h5-17H,18H2,1-4H3. The summed E-state index contributed by atoms with van der Waals surface area (Å²) in [4.78, 5) is 0. The molecule has 0 saturated carbocycles. The van der Waals surface area contributed by atoms with Crippen molar-refractivity contribution in [3.63, 3.8) is 0 Å². The first kappa shape index (κ1) is 19.0. The van der Waals surface area contributed by atoms with Crippen LogP contribution in [0.5, 0.6) is 0 Å². The Morgan fingerprint density at radius 1 is 0.607 bits per heavy atom. The average Bonchev–Trinajstić information content (AvgIpc) is 2.91. The molecule has 2 nitrogen and oxygen atoms in total. The van der Waals surface area contributed by atoms with Crippen molar-refractivity contribution in [3.8, 4) is 11.1 Å². The predicted octanol–water partition coefficient (Wildman–Crippen LogP) is 5.24. The summed E-state index contributed by atoms with van der Waals surface area (Å²) in [5.74, 6) is 0. The average molecular weight is 370 g/mol. The summed E-state index contributed by atoms with van der Waals surface area (Å²) in [6.45, 7) is 8.34. The molecule has 1 heterocycles. The van der Waals surface area contributed by atoms with E-state index in [1.807, 2.05) is 6.07 Å². The third-order valence-corrected chi connectivity index (χ3v) is 5.97. The Bertz CT molecular complexity index is 913. The monoisotopic (exact) mass is 370 g/mol. The highest BCUT2D eigenvalue weighted by molar-refractivity contribution is 6.62. The minimum atomic E-state index is -0.309. The Hall–Kier alpha value is -2.36. The van der Waals surface area contributed by atoms with Gasteiger partial charge in [-0.1, -0.05) is 78.9 Å². The van der Waals surface area contributed by atoms with Gasteiger partial charge in [0.15, 0.2) is 0 Å². The third-order valence-electron chi connectivity index (χ3n) is 5.97. The molecule has 4 rings (SSSR count). The molecule has 1 aliphatic heterocycles. The Balaban J connectivity index is 1.44. The van der Waals surface area contributed by atoms with Crippen LogP contribution in [0.3, 0.4) is 0 Å². The molecule has 0 aromatic heterocycles. The summed E-state index contributed by atoms with van der Waals surface area (Å²) in [5, 5.41) is 0. The predicted molar refractivity (Wildman–Crippen MR) is 117 cm³/mol. The minimum Gasteiger partial charge on any atom is -0.399 e. The zero-order valence-corrected chi connectivity index (χ0v) is 17.1. The normalized spacial score (nSPS) is 17.6. The van der Waals surface area contributed by atoms with E-state index in [4.69, 9.17) is 9.31 Å². The Labute approximate surface area is 168 Å². The summed E-state index contributed by atoms with van der Waals surface area (Å²) in [7, 11) is -0.302. The molecule has 0 aliphatic carbocycles. The van der Waals surface area contributed by atoms with E-state index >= 15 is 0 Å². The molecule has 0 amide bonds. The topological polar surface area (TPSA) is 18.5 Å². The second kappa shape index (κ2) is 7.23. The van der Waals surface area contributed by atoms with Crippen LogP contribution in [0.2, 0.25) is 0 Å². The van der Waals surface area contributed by atoms with E-state index in [1.54, 1.807) is 0 Å². The molecule has 0 unspecified atom stereocenters. The van der Waals surface area contributed by atoms with Crippen molar-refractivity contribution < 1.29 is 9.31 Å². The second-order valence-corrected chi connectivity index (χ2v) is 8.57. The molecule has 3 heteroatoms. The smallest absolute Gasteiger partial charge is 0.399 e. The van der Waals surface area contributed by atoms with Crippen LogP contribution in [0.4, 0.5) is 0 Å². The Kier molecular flexibility index (Phi) is 4.90. The van der Waals surface area contributed by atoms with Crippen LogP contribution in [-0.2, 0) is 15.7 Å². The molecule has 28 heavy (non-hydrogen) atoms. The van der Waals surface area contributed by atoms with Crippen LogP contribution in [0.15, 0.2) is 78.9 Å². The summed E-state index contributed by atoms with van der Waals surface area (Å²) >= 11 is 0. The molecule has 0 spiro atoms. The van der Waals surface area contributed by atoms with E-state index in [0.717, 1.165) is 11.9 Å². The van der Waals surface area contributed by atoms with Crippen LogP contribution in [-0.4, -0.2) is 18.3 Å². The Morgan fingerprint density at radius 3 is 1.61 bits per heavy atom. The lowest BCUT2D eigenvalue weighted by atomic mass is 9.78. The SMILES string of the molecule is CC1(C)OB(c2ccc(Cc3ccc(-c4ccccc4)cc3)cc2)OC1(C)C. The van der Waals surface area contributed by atoms with Crippen LogP contribution in [0, 0.1) is 0 Å². The lowest BCUT2D eigenvalue weighted by Crippen LogP contribution is -2.41. The van der Waals surface area contributed by atoms with E-state index in [-0.39, 0.29) is 18.3 Å². The van der Waals surface area contributed by atoms with Gasteiger partial charge < -0.3 is 9.31 Å². The first-order valence-corrected chi connectivity index (χ1v) is 9.93. The first-order chi connectivity index (χ1) is 13.3. The highest BCUT2D eigenvalue weighted by atomic mass is 16.7. The molecule has 0 radical (unpaired) electrons. The number of hydrogen-bond acceptors (Lipinski definition) is 2. The third kappa shape index (κ3) is 3.78. The van der Waals surface area contributed by atoms with Crippen molar-refractivity contribution in [2.24, 2.45) is 0 Å². The van der Waals surface area contributed by atoms with Gasteiger partial charge in [0.05, 0.1) is 11.2 Å². The molecular formula is C25H27BO2. The second-order valence-electron chi connectivity index (χ2n) is 8.57. The summed E-state index contributed by atoms with van der Waals surface area (Å²) in [5.41, 5.74) is 5.55. The first-order valence-electron chi connectivity index (χ1n) is 9.93. The van der Waals surface area contributed by atoms with Crippen LogP contribution in [0.25, 0.3) is 11.1 Å². The number of rotatable bonds is 4. The number of hydrogen-bond donors (Lipinski definition) is 0. The van der Waals surface area contributed by atoms with Gasteiger partial charge in [-0.25, -0.2) is 0 Å². The van der Waals surface area contributed by atoms with E-state index in [2.05, 4.69) is 100 Å². The number of benzene rings is 3. The van der Waals surface area contributed by atoms with Gasteiger partial charge in [0.25, 0.3) is 0 Å². The van der Waals surface area contributed by atoms with Crippen molar-refractivity contribution in [3.05, 3.63) is 90.0 Å². The van der Waals surface area contributed by atoms with Crippen molar-refractivity contribution in [1.82, 2.24) is 0 Å². The molecule has 0 bridgehead atoms. The largest absolute Gasteiger partial charge is 0.494 e. The lowest BCUT2D eigenvalue weighted by molar-refractivity contribution is 0.00578. The molecule has 3 aromatic carbocycles. The highest BCUT2D eigenvalue weighted by Gasteiger charge is 2.51. The van der Waals surface area contributed by atoms with E-state index in [1.165, 1.54) is 22.3 Å². The molecule has 0 atom stereocenters. The van der Waals surface area contributed by atoms with Gasteiger partial charge in [0, 0.05) is 0 Å². The summed E-state index contributed by atoms with van der Waals surface area (Å²) < 4.78 is 12.3. The van der Waals surface area contributed by atoms with E-state index in [0.29, 0.717) is 0 Å². The lowest BCUT2D eigenvalue weighted by Gasteiger charge is -2.32. The van der Waals surface area contributed by atoms with Crippen LogP contribution < -0.4 is 5.46 Å². The van der Waals surface area contributed by atoms with Gasteiger partial charge in [0.2, 0.25) is 0 Å². The maximum absolute atomic E-state index is 6.14. The fraction of sp³-hybridized carbons (Fsp3) is 0.280.